The minimum atomic E-state index is 0. The molecule has 2 fully saturated rings. The summed E-state index contributed by atoms with van der Waals surface area (Å²) in [7, 11) is 0. The van der Waals surface area contributed by atoms with Crippen molar-refractivity contribution in [1.82, 2.24) is 6.15 Å². The average molecular weight is 274 g/mol. The molecule has 3 N–H and O–H groups in total. The molecule has 1 aromatic carbocycles. The van der Waals surface area contributed by atoms with Gasteiger partial charge in [-0.1, -0.05) is 50.3 Å². The molecule has 0 atom stereocenters. The summed E-state index contributed by atoms with van der Waals surface area (Å²) in [6.07, 6.45) is 12.8. The first kappa shape index (κ1) is 15.4. The van der Waals surface area contributed by atoms with E-state index in [1.54, 1.807) is 5.56 Å². The lowest BCUT2D eigenvalue weighted by molar-refractivity contribution is 0.356. The van der Waals surface area contributed by atoms with E-state index in [4.69, 9.17) is 0 Å². The fraction of sp³-hybridized carbons (Fsp3) is 0.667. The SMILES string of the molecule is N.c1ccc(N2CCCCC2)c(CC2CCCCC2)c1. The summed E-state index contributed by atoms with van der Waals surface area (Å²) in [5.41, 5.74) is 3.14. The van der Waals surface area contributed by atoms with Crippen molar-refractivity contribution >= 4 is 5.69 Å². The van der Waals surface area contributed by atoms with Crippen LogP contribution in [0.25, 0.3) is 0 Å². The Hall–Kier alpha value is -1.02. The zero-order chi connectivity index (χ0) is 12.9. The molecule has 0 bridgehead atoms. The first-order valence-corrected chi connectivity index (χ1v) is 8.26. The van der Waals surface area contributed by atoms with Gasteiger partial charge in [-0.05, 0) is 43.2 Å². The van der Waals surface area contributed by atoms with Crippen LogP contribution >= 0.6 is 0 Å². The van der Waals surface area contributed by atoms with Gasteiger partial charge in [0, 0.05) is 18.8 Å². The third kappa shape index (κ3) is 3.76. The van der Waals surface area contributed by atoms with Gasteiger partial charge in [-0.3, -0.25) is 0 Å². The molecule has 1 aromatic rings. The highest BCUT2D eigenvalue weighted by atomic mass is 15.1. The number of hydrogen-bond acceptors (Lipinski definition) is 2. The van der Waals surface area contributed by atoms with E-state index < -0.39 is 0 Å². The van der Waals surface area contributed by atoms with Crippen molar-refractivity contribution in [2.45, 2.75) is 57.8 Å². The van der Waals surface area contributed by atoms with Crippen LogP contribution < -0.4 is 11.1 Å². The van der Waals surface area contributed by atoms with E-state index in [0.717, 1.165) is 5.92 Å². The van der Waals surface area contributed by atoms with Crippen LogP contribution in [-0.4, -0.2) is 13.1 Å². The van der Waals surface area contributed by atoms with Crippen molar-refractivity contribution in [3.05, 3.63) is 29.8 Å². The standard InChI is InChI=1S/C18H27N.H3N/c1-3-9-16(10-4-1)15-17-11-5-6-12-18(17)19-13-7-2-8-14-19;/h5-6,11-12,16H,1-4,7-10,13-15H2;1H3. The summed E-state index contributed by atoms with van der Waals surface area (Å²) in [5.74, 6) is 0.944. The third-order valence-corrected chi connectivity index (χ3v) is 4.92. The molecule has 2 nitrogen and oxygen atoms in total. The molecule has 1 heterocycles. The van der Waals surface area contributed by atoms with Crippen molar-refractivity contribution < 1.29 is 0 Å². The molecule has 1 aliphatic heterocycles. The van der Waals surface area contributed by atoms with Crippen LogP contribution in [0.4, 0.5) is 5.69 Å². The van der Waals surface area contributed by atoms with E-state index in [1.807, 2.05) is 0 Å². The molecule has 2 aliphatic rings. The van der Waals surface area contributed by atoms with Crippen molar-refractivity contribution in [1.29, 1.82) is 0 Å². The molecule has 0 unspecified atom stereocenters. The Morgan fingerprint density at radius 3 is 2.25 bits per heavy atom. The molecular formula is C18H30N2. The minimum absolute atomic E-state index is 0. The summed E-state index contributed by atoms with van der Waals surface area (Å²) in [6.45, 7) is 2.53. The second kappa shape index (κ2) is 7.68. The van der Waals surface area contributed by atoms with Gasteiger partial charge in [-0.15, -0.1) is 0 Å². The van der Waals surface area contributed by atoms with Gasteiger partial charge >= 0.3 is 0 Å². The Bertz CT molecular complexity index is 390. The van der Waals surface area contributed by atoms with E-state index in [2.05, 4.69) is 29.2 Å². The van der Waals surface area contributed by atoms with Crippen molar-refractivity contribution in [3.8, 4) is 0 Å². The molecule has 1 aliphatic carbocycles. The maximum atomic E-state index is 2.63. The number of nitrogens with zero attached hydrogens (tertiary/aromatic N) is 1. The zero-order valence-electron chi connectivity index (χ0n) is 12.8. The van der Waals surface area contributed by atoms with E-state index in [9.17, 15) is 0 Å². The topological polar surface area (TPSA) is 38.2 Å². The fourth-order valence-corrected chi connectivity index (χ4v) is 3.83. The van der Waals surface area contributed by atoms with Crippen LogP contribution in [-0.2, 0) is 6.42 Å². The molecule has 3 rings (SSSR count). The summed E-state index contributed by atoms with van der Waals surface area (Å²) >= 11 is 0. The third-order valence-electron chi connectivity index (χ3n) is 4.92. The lowest BCUT2D eigenvalue weighted by Crippen LogP contribution is -2.30. The molecule has 112 valence electrons. The molecule has 1 saturated heterocycles. The van der Waals surface area contributed by atoms with Crippen LogP contribution in [0.2, 0.25) is 0 Å². The van der Waals surface area contributed by atoms with Crippen molar-refractivity contribution in [2.24, 2.45) is 5.92 Å². The zero-order valence-corrected chi connectivity index (χ0v) is 12.8. The lowest BCUT2D eigenvalue weighted by atomic mass is 9.84. The van der Waals surface area contributed by atoms with E-state index in [1.165, 1.54) is 76.6 Å². The first-order valence-electron chi connectivity index (χ1n) is 8.26. The molecular weight excluding hydrogens is 244 g/mol. The normalized spacial score (nSPS) is 20.5. The average Bonchev–Trinajstić information content (AvgIpc) is 2.50. The smallest absolute Gasteiger partial charge is 0.0398 e. The van der Waals surface area contributed by atoms with Crippen LogP contribution in [0, 0.1) is 5.92 Å². The van der Waals surface area contributed by atoms with Gasteiger partial charge < -0.3 is 11.1 Å². The molecule has 0 aromatic heterocycles. The molecule has 20 heavy (non-hydrogen) atoms. The second-order valence-corrected chi connectivity index (χ2v) is 6.38. The Labute approximate surface area is 124 Å². The summed E-state index contributed by atoms with van der Waals surface area (Å²) in [6, 6.07) is 9.17. The number of benzene rings is 1. The van der Waals surface area contributed by atoms with E-state index >= 15 is 0 Å². The number of anilines is 1. The van der Waals surface area contributed by atoms with Gasteiger partial charge in [-0.2, -0.15) is 0 Å². The summed E-state index contributed by atoms with van der Waals surface area (Å²) in [5, 5.41) is 0. The van der Waals surface area contributed by atoms with Crippen LogP contribution in [0.3, 0.4) is 0 Å². The first-order chi connectivity index (χ1) is 9.43. The fourth-order valence-electron chi connectivity index (χ4n) is 3.83. The summed E-state index contributed by atoms with van der Waals surface area (Å²) in [4.78, 5) is 2.63. The number of para-hydroxylation sites is 1. The second-order valence-electron chi connectivity index (χ2n) is 6.38. The van der Waals surface area contributed by atoms with Crippen LogP contribution in [0.5, 0.6) is 0 Å². The molecule has 1 saturated carbocycles. The van der Waals surface area contributed by atoms with Crippen molar-refractivity contribution in [3.63, 3.8) is 0 Å². The molecule has 0 amide bonds. The predicted molar refractivity (Wildman–Crippen MR) is 87.8 cm³/mol. The monoisotopic (exact) mass is 274 g/mol. The Kier molecular flexibility index (Phi) is 5.90. The molecule has 0 radical (unpaired) electrons. The van der Waals surface area contributed by atoms with E-state index in [-0.39, 0.29) is 6.15 Å². The Morgan fingerprint density at radius 1 is 0.850 bits per heavy atom. The van der Waals surface area contributed by atoms with Gasteiger partial charge in [0.05, 0.1) is 0 Å². The largest absolute Gasteiger partial charge is 0.371 e. The van der Waals surface area contributed by atoms with Gasteiger partial charge in [0.15, 0.2) is 0 Å². The molecule has 2 heteroatoms. The highest BCUT2D eigenvalue weighted by Gasteiger charge is 2.18. The van der Waals surface area contributed by atoms with Gasteiger partial charge in [0.1, 0.15) is 0 Å². The Morgan fingerprint density at radius 2 is 1.50 bits per heavy atom. The quantitative estimate of drug-likeness (QED) is 0.845. The summed E-state index contributed by atoms with van der Waals surface area (Å²) < 4.78 is 0. The van der Waals surface area contributed by atoms with Gasteiger partial charge in [0.25, 0.3) is 0 Å². The maximum absolute atomic E-state index is 2.63. The highest BCUT2D eigenvalue weighted by Crippen LogP contribution is 2.31. The number of hydrogen-bond donors (Lipinski definition) is 1. The number of rotatable bonds is 3. The minimum Gasteiger partial charge on any atom is -0.371 e. The van der Waals surface area contributed by atoms with Gasteiger partial charge in [0.2, 0.25) is 0 Å². The van der Waals surface area contributed by atoms with Gasteiger partial charge in [-0.25, -0.2) is 0 Å². The highest BCUT2D eigenvalue weighted by molar-refractivity contribution is 5.54. The van der Waals surface area contributed by atoms with E-state index in [0.29, 0.717) is 0 Å². The van der Waals surface area contributed by atoms with Crippen LogP contribution in [0.1, 0.15) is 56.9 Å². The van der Waals surface area contributed by atoms with Crippen molar-refractivity contribution in [2.75, 3.05) is 18.0 Å². The lowest BCUT2D eigenvalue weighted by Gasteiger charge is -2.32. The predicted octanol–water partition coefficient (Wildman–Crippen LogP) is 4.96. The molecule has 0 spiro atoms. The number of piperidine rings is 1. The van der Waals surface area contributed by atoms with Crippen LogP contribution in [0.15, 0.2) is 24.3 Å². The maximum Gasteiger partial charge on any atom is 0.0398 e. The Balaban J connectivity index is 0.00000147.